The van der Waals surface area contributed by atoms with E-state index in [0.29, 0.717) is 10.3 Å². The minimum Gasteiger partial charge on any atom is -0.363 e. The van der Waals surface area contributed by atoms with Gasteiger partial charge in [0.1, 0.15) is 16.5 Å². The van der Waals surface area contributed by atoms with E-state index in [4.69, 9.17) is 0 Å². The number of nitrogens with one attached hydrogen (secondary N) is 1. The fourth-order valence-corrected chi connectivity index (χ4v) is 3.05. The van der Waals surface area contributed by atoms with E-state index in [0.717, 1.165) is 6.07 Å². The number of halogens is 2. The van der Waals surface area contributed by atoms with Crippen molar-refractivity contribution in [2.75, 3.05) is 23.7 Å². The Kier molecular flexibility index (Phi) is 4.48. The zero-order valence-corrected chi connectivity index (χ0v) is 13.7. The first kappa shape index (κ1) is 15.7. The van der Waals surface area contributed by atoms with Gasteiger partial charge in [-0.15, -0.1) is 0 Å². The van der Waals surface area contributed by atoms with Crippen LogP contribution in [-0.2, 0) is 10.0 Å². The molecule has 1 aromatic heterocycles. The van der Waals surface area contributed by atoms with Crippen molar-refractivity contribution in [1.29, 1.82) is 0 Å². The quantitative estimate of drug-likeness (QED) is 0.894. The molecule has 2 rings (SSSR count). The average Bonchev–Trinajstić information content (AvgIpc) is 2.38. The van der Waals surface area contributed by atoms with Crippen molar-refractivity contribution in [1.82, 2.24) is 4.98 Å². The van der Waals surface area contributed by atoms with Crippen LogP contribution in [0.1, 0.15) is 0 Å². The highest BCUT2D eigenvalue weighted by atomic mass is 79.9. The lowest BCUT2D eigenvalue weighted by molar-refractivity contribution is 0.570. The van der Waals surface area contributed by atoms with Crippen LogP contribution >= 0.6 is 15.9 Å². The van der Waals surface area contributed by atoms with Crippen LogP contribution in [0.15, 0.2) is 45.9 Å². The molecule has 1 aromatic carbocycles. The van der Waals surface area contributed by atoms with Gasteiger partial charge in [0.25, 0.3) is 10.0 Å². The number of benzene rings is 1. The van der Waals surface area contributed by atoms with Gasteiger partial charge in [-0.2, -0.15) is 0 Å². The van der Waals surface area contributed by atoms with Gasteiger partial charge in [-0.25, -0.2) is 17.8 Å². The Bertz CT molecular complexity index is 749. The average molecular weight is 374 g/mol. The van der Waals surface area contributed by atoms with E-state index in [9.17, 15) is 12.8 Å². The summed E-state index contributed by atoms with van der Waals surface area (Å²) in [5.41, 5.74) is 0.267. The third kappa shape index (κ3) is 3.70. The molecule has 0 saturated heterocycles. The Hall–Kier alpha value is -1.67. The predicted molar refractivity (Wildman–Crippen MR) is 83.5 cm³/mol. The fourth-order valence-electron chi connectivity index (χ4n) is 1.61. The number of anilines is 2. The van der Waals surface area contributed by atoms with Crippen molar-refractivity contribution in [2.45, 2.75) is 4.90 Å². The molecule has 0 radical (unpaired) electrons. The van der Waals surface area contributed by atoms with Gasteiger partial charge >= 0.3 is 0 Å². The summed E-state index contributed by atoms with van der Waals surface area (Å²) in [4.78, 5) is 5.46. The van der Waals surface area contributed by atoms with Crippen molar-refractivity contribution < 1.29 is 12.8 Å². The van der Waals surface area contributed by atoms with E-state index >= 15 is 0 Å². The Morgan fingerprint density at radius 2 is 1.95 bits per heavy atom. The molecule has 21 heavy (non-hydrogen) atoms. The molecule has 0 aliphatic rings. The standard InChI is InChI=1S/C13H13BrFN3O2S/c1-18(2)13-6-4-10(8-16-13)17-21(19,20)12-5-3-9(14)7-11(12)15/h3-8,17H,1-2H3. The van der Waals surface area contributed by atoms with Crippen LogP contribution in [0.4, 0.5) is 15.9 Å². The van der Waals surface area contributed by atoms with Crippen molar-refractivity contribution >= 4 is 37.5 Å². The molecule has 1 N–H and O–H groups in total. The molecule has 0 atom stereocenters. The molecule has 0 saturated carbocycles. The van der Waals surface area contributed by atoms with E-state index in [1.54, 1.807) is 17.0 Å². The summed E-state index contributed by atoms with van der Waals surface area (Å²) in [6.45, 7) is 0. The maximum Gasteiger partial charge on any atom is 0.264 e. The maximum absolute atomic E-state index is 13.7. The molecule has 8 heteroatoms. The molecule has 112 valence electrons. The molecule has 0 amide bonds. The van der Waals surface area contributed by atoms with Crippen LogP contribution in [0.25, 0.3) is 0 Å². The van der Waals surface area contributed by atoms with Crippen LogP contribution in [0, 0.1) is 5.82 Å². The number of nitrogens with zero attached hydrogens (tertiary/aromatic N) is 2. The summed E-state index contributed by atoms with van der Waals surface area (Å²) in [7, 11) is -0.348. The van der Waals surface area contributed by atoms with Crippen molar-refractivity contribution in [2.24, 2.45) is 0 Å². The van der Waals surface area contributed by atoms with Crippen molar-refractivity contribution in [3.8, 4) is 0 Å². The van der Waals surface area contributed by atoms with E-state index in [-0.39, 0.29) is 5.69 Å². The molecule has 0 bridgehead atoms. The van der Waals surface area contributed by atoms with E-state index < -0.39 is 20.7 Å². The van der Waals surface area contributed by atoms with Gasteiger partial charge in [0.2, 0.25) is 0 Å². The van der Waals surface area contributed by atoms with Gasteiger partial charge in [-0.1, -0.05) is 15.9 Å². The van der Waals surface area contributed by atoms with Crippen LogP contribution in [0.3, 0.4) is 0 Å². The highest BCUT2D eigenvalue weighted by Crippen LogP contribution is 2.22. The molecule has 0 aliphatic carbocycles. The Morgan fingerprint density at radius 1 is 1.24 bits per heavy atom. The molecule has 0 aliphatic heterocycles. The van der Waals surface area contributed by atoms with Gasteiger partial charge < -0.3 is 4.90 Å². The monoisotopic (exact) mass is 373 g/mol. The zero-order valence-electron chi connectivity index (χ0n) is 11.3. The minimum absolute atomic E-state index is 0.267. The smallest absolute Gasteiger partial charge is 0.264 e. The number of rotatable bonds is 4. The normalized spacial score (nSPS) is 11.2. The fraction of sp³-hybridized carbons (Fsp3) is 0.154. The first-order valence-corrected chi connectivity index (χ1v) is 8.18. The lowest BCUT2D eigenvalue weighted by atomic mass is 10.3. The zero-order chi connectivity index (χ0) is 15.6. The minimum atomic E-state index is -3.99. The van der Waals surface area contributed by atoms with Gasteiger partial charge in [0.05, 0.1) is 11.9 Å². The van der Waals surface area contributed by atoms with Crippen LogP contribution in [0.2, 0.25) is 0 Å². The first-order chi connectivity index (χ1) is 9.79. The third-order valence-electron chi connectivity index (χ3n) is 2.64. The molecular formula is C13H13BrFN3O2S. The highest BCUT2D eigenvalue weighted by Gasteiger charge is 2.19. The molecule has 0 spiro atoms. The summed E-state index contributed by atoms with van der Waals surface area (Å²) >= 11 is 3.08. The number of hydrogen-bond acceptors (Lipinski definition) is 4. The first-order valence-electron chi connectivity index (χ1n) is 5.91. The molecule has 0 unspecified atom stereocenters. The molecule has 5 nitrogen and oxygen atoms in total. The molecule has 2 aromatic rings. The second-order valence-corrected chi connectivity index (χ2v) is 7.05. The summed E-state index contributed by atoms with van der Waals surface area (Å²) in [5.74, 6) is -0.137. The van der Waals surface area contributed by atoms with Crippen molar-refractivity contribution in [3.05, 3.63) is 46.8 Å². The number of pyridine rings is 1. The van der Waals surface area contributed by atoms with E-state index in [1.165, 1.54) is 18.3 Å². The van der Waals surface area contributed by atoms with Gasteiger partial charge in [0.15, 0.2) is 0 Å². The molecular weight excluding hydrogens is 361 g/mol. The Balaban J connectivity index is 2.28. The van der Waals surface area contributed by atoms with Gasteiger partial charge in [0, 0.05) is 18.6 Å². The topological polar surface area (TPSA) is 62.3 Å². The highest BCUT2D eigenvalue weighted by molar-refractivity contribution is 9.10. The SMILES string of the molecule is CN(C)c1ccc(NS(=O)(=O)c2ccc(Br)cc2F)cn1. The number of hydrogen-bond donors (Lipinski definition) is 1. The van der Waals surface area contributed by atoms with E-state index in [1.807, 2.05) is 14.1 Å². The third-order valence-corrected chi connectivity index (χ3v) is 4.55. The summed E-state index contributed by atoms with van der Waals surface area (Å²) < 4.78 is 40.8. The molecule has 0 fully saturated rings. The van der Waals surface area contributed by atoms with Crippen LogP contribution in [-0.4, -0.2) is 27.5 Å². The van der Waals surface area contributed by atoms with Gasteiger partial charge in [-0.05, 0) is 30.3 Å². The Labute approximate surface area is 131 Å². The summed E-state index contributed by atoms with van der Waals surface area (Å²) in [5, 5.41) is 0. The Morgan fingerprint density at radius 3 is 2.48 bits per heavy atom. The summed E-state index contributed by atoms with van der Waals surface area (Å²) in [6.07, 6.45) is 1.38. The lowest BCUT2D eigenvalue weighted by Gasteiger charge is -2.12. The number of aromatic nitrogens is 1. The van der Waals surface area contributed by atoms with Crippen LogP contribution < -0.4 is 9.62 Å². The lowest BCUT2D eigenvalue weighted by Crippen LogP contribution is -2.15. The largest absolute Gasteiger partial charge is 0.363 e. The van der Waals surface area contributed by atoms with Crippen LogP contribution in [0.5, 0.6) is 0 Å². The molecule has 1 heterocycles. The summed E-state index contributed by atoms with van der Waals surface area (Å²) in [6, 6.07) is 6.99. The number of sulfonamides is 1. The predicted octanol–water partition coefficient (Wildman–Crippen LogP) is 2.85. The second kappa shape index (κ2) is 5.98. The second-order valence-electron chi connectivity index (χ2n) is 4.48. The van der Waals surface area contributed by atoms with Gasteiger partial charge in [-0.3, -0.25) is 4.72 Å². The van der Waals surface area contributed by atoms with E-state index in [2.05, 4.69) is 25.6 Å². The van der Waals surface area contributed by atoms with Crippen molar-refractivity contribution in [3.63, 3.8) is 0 Å². The maximum atomic E-state index is 13.7.